The van der Waals surface area contributed by atoms with Crippen molar-refractivity contribution in [3.63, 3.8) is 0 Å². The summed E-state index contributed by atoms with van der Waals surface area (Å²) in [6, 6.07) is 5.30. The second-order valence-electron chi connectivity index (χ2n) is 2.60. The van der Waals surface area contributed by atoms with E-state index in [1.54, 1.807) is 24.5 Å². The van der Waals surface area contributed by atoms with Gasteiger partial charge in [0.25, 0.3) is 0 Å². The first-order valence-electron chi connectivity index (χ1n) is 3.75. The number of rotatable bonds is 1. The summed E-state index contributed by atoms with van der Waals surface area (Å²) in [6.45, 7) is 0. The lowest BCUT2D eigenvalue weighted by Gasteiger charge is -2.00. The maximum atomic E-state index is 9.57. The highest BCUT2D eigenvalue weighted by molar-refractivity contribution is 9.10. The number of imidazole rings is 1. The molecule has 0 aliphatic rings. The Bertz CT molecular complexity index is 412. The summed E-state index contributed by atoms with van der Waals surface area (Å²) in [5.41, 5.74) is 0.702. The molecule has 0 amide bonds. The van der Waals surface area contributed by atoms with Gasteiger partial charge >= 0.3 is 0 Å². The van der Waals surface area contributed by atoms with E-state index in [2.05, 4.69) is 25.9 Å². The summed E-state index contributed by atoms with van der Waals surface area (Å²) in [5.74, 6) is 0.884. The Kier molecular flexibility index (Phi) is 2.06. The number of aromatic nitrogens is 2. The summed E-state index contributed by atoms with van der Waals surface area (Å²) in [7, 11) is 0. The maximum absolute atomic E-state index is 9.57. The minimum atomic E-state index is 0.212. The lowest BCUT2D eigenvalue weighted by atomic mass is 10.2. The van der Waals surface area contributed by atoms with Crippen molar-refractivity contribution in [2.45, 2.75) is 0 Å². The highest BCUT2D eigenvalue weighted by Crippen LogP contribution is 2.28. The minimum absolute atomic E-state index is 0.212. The van der Waals surface area contributed by atoms with Crippen LogP contribution in [0.25, 0.3) is 11.4 Å². The zero-order valence-electron chi connectivity index (χ0n) is 6.66. The van der Waals surface area contributed by atoms with Gasteiger partial charge in [-0.2, -0.15) is 0 Å². The molecule has 0 bridgehead atoms. The van der Waals surface area contributed by atoms with Gasteiger partial charge in [-0.25, -0.2) is 4.98 Å². The smallest absolute Gasteiger partial charge is 0.141 e. The van der Waals surface area contributed by atoms with Crippen molar-refractivity contribution in [1.82, 2.24) is 9.97 Å². The molecule has 0 aliphatic carbocycles. The molecule has 1 aromatic carbocycles. The van der Waals surface area contributed by atoms with E-state index in [1.807, 2.05) is 6.07 Å². The van der Waals surface area contributed by atoms with Crippen LogP contribution in [0.2, 0.25) is 0 Å². The van der Waals surface area contributed by atoms with Gasteiger partial charge in [-0.3, -0.25) is 0 Å². The molecule has 0 atom stereocenters. The van der Waals surface area contributed by atoms with Gasteiger partial charge in [-0.1, -0.05) is 15.9 Å². The van der Waals surface area contributed by atoms with Gasteiger partial charge in [0.05, 0.1) is 5.56 Å². The van der Waals surface area contributed by atoms with Crippen molar-refractivity contribution in [1.29, 1.82) is 0 Å². The van der Waals surface area contributed by atoms with Gasteiger partial charge in [-0.05, 0) is 18.2 Å². The average molecular weight is 239 g/mol. The molecule has 1 aromatic heterocycles. The van der Waals surface area contributed by atoms with E-state index in [0.29, 0.717) is 11.4 Å². The maximum Gasteiger partial charge on any atom is 0.141 e. The van der Waals surface area contributed by atoms with Gasteiger partial charge < -0.3 is 10.1 Å². The predicted octanol–water partition coefficient (Wildman–Crippen LogP) is 2.54. The SMILES string of the molecule is Oc1cc(Br)ccc1-c1ncc[nH]1. The average Bonchev–Trinajstić information content (AvgIpc) is 2.56. The van der Waals surface area contributed by atoms with Gasteiger partial charge in [0.15, 0.2) is 0 Å². The normalized spacial score (nSPS) is 10.2. The Morgan fingerprint density at radius 2 is 2.23 bits per heavy atom. The fourth-order valence-corrected chi connectivity index (χ4v) is 1.47. The molecule has 0 aliphatic heterocycles. The summed E-state index contributed by atoms with van der Waals surface area (Å²) in [5, 5.41) is 9.57. The van der Waals surface area contributed by atoms with Crippen LogP contribution in [0.5, 0.6) is 5.75 Å². The van der Waals surface area contributed by atoms with Crippen LogP contribution >= 0.6 is 15.9 Å². The fraction of sp³-hybridized carbons (Fsp3) is 0. The third-order valence-corrected chi connectivity index (χ3v) is 2.21. The van der Waals surface area contributed by atoms with E-state index < -0.39 is 0 Å². The molecule has 2 N–H and O–H groups in total. The number of H-pyrrole nitrogens is 1. The number of aromatic hydroxyl groups is 1. The number of halogens is 1. The second kappa shape index (κ2) is 3.22. The largest absolute Gasteiger partial charge is 0.507 e. The summed E-state index contributed by atoms with van der Waals surface area (Å²) in [4.78, 5) is 6.97. The van der Waals surface area contributed by atoms with Crippen molar-refractivity contribution in [3.8, 4) is 17.1 Å². The van der Waals surface area contributed by atoms with E-state index in [-0.39, 0.29) is 5.75 Å². The molecule has 4 heteroatoms. The molecular formula is C9H7BrN2O. The van der Waals surface area contributed by atoms with Crippen LogP contribution in [-0.2, 0) is 0 Å². The number of phenolic OH excluding ortho intramolecular Hbond substituents is 1. The van der Waals surface area contributed by atoms with E-state index in [4.69, 9.17) is 0 Å². The molecule has 1 heterocycles. The highest BCUT2D eigenvalue weighted by Gasteiger charge is 2.05. The van der Waals surface area contributed by atoms with Crippen LogP contribution < -0.4 is 0 Å². The van der Waals surface area contributed by atoms with Crippen LogP contribution in [0.4, 0.5) is 0 Å². The van der Waals surface area contributed by atoms with Crippen molar-refractivity contribution in [2.75, 3.05) is 0 Å². The van der Waals surface area contributed by atoms with Crippen LogP contribution in [0.1, 0.15) is 0 Å². The minimum Gasteiger partial charge on any atom is -0.507 e. The first kappa shape index (κ1) is 8.31. The Labute approximate surface area is 83.6 Å². The summed E-state index contributed by atoms with van der Waals surface area (Å²) < 4.78 is 0.848. The summed E-state index contributed by atoms with van der Waals surface area (Å²) in [6.07, 6.45) is 3.37. The van der Waals surface area contributed by atoms with E-state index >= 15 is 0 Å². The molecule has 0 fully saturated rings. The molecule has 3 nitrogen and oxygen atoms in total. The zero-order valence-corrected chi connectivity index (χ0v) is 8.25. The van der Waals surface area contributed by atoms with E-state index in [9.17, 15) is 5.11 Å². The number of benzene rings is 1. The third kappa shape index (κ3) is 1.58. The lowest BCUT2D eigenvalue weighted by molar-refractivity contribution is 0.476. The Hall–Kier alpha value is -1.29. The van der Waals surface area contributed by atoms with Gasteiger partial charge in [0.1, 0.15) is 11.6 Å². The number of phenols is 1. The lowest BCUT2D eigenvalue weighted by Crippen LogP contribution is -1.80. The van der Waals surface area contributed by atoms with Crippen LogP contribution in [0, 0.1) is 0 Å². The molecular weight excluding hydrogens is 232 g/mol. The summed E-state index contributed by atoms with van der Waals surface area (Å²) >= 11 is 3.27. The topological polar surface area (TPSA) is 48.9 Å². The molecule has 2 aromatic rings. The number of nitrogens with zero attached hydrogens (tertiary/aromatic N) is 1. The number of hydrogen-bond acceptors (Lipinski definition) is 2. The first-order valence-corrected chi connectivity index (χ1v) is 4.55. The standard InChI is InChI=1S/C9H7BrN2O/c10-6-1-2-7(8(13)5-6)9-11-3-4-12-9/h1-5,13H,(H,11,12). The Morgan fingerprint density at radius 1 is 1.38 bits per heavy atom. The molecule has 2 rings (SSSR count). The molecule has 0 radical (unpaired) electrons. The van der Waals surface area contributed by atoms with Crippen LogP contribution in [0.15, 0.2) is 35.1 Å². The van der Waals surface area contributed by atoms with Gasteiger partial charge in [0.2, 0.25) is 0 Å². The number of aromatic amines is 1. The molecule has 0 saturated carbocycles. The molecule has 13 heavy (non-hydrogen) atoms. The van der Waals surface area contributed by atoms with Crippen LogP contribution in [0.3, 0.4) is 0 Å². The van der Waals surface area contributed by atoms with Gasteiger partial charge in [0, 0.05) is 16.9 Å². The van der Waals surface area contributed by atoms with Crippen molar-refractivity contribution in [3.05, 3.63) is 35.1 Å². The number of nitrogens with one attached hydrogen (secondary N) is 1. The predicted molar refractivity (Wildman–Crippen MR) is 53.4 cm³/mol. The van der Waals surface area contributed by atoms with E-state index in [0.717, 1.165) is 4.47 Å². The van der Waals surface area contributed by atoms with Crippen molar-refractivity contribution >= 4 is 15.9 Å². The fourth-order valence-electron chi connectivity index (χ4n) is 1.12. The quantitative estimate of drug-likeness (QED) is 0.803. The Balaban J connectivity index is 2.53. The highest BCUT2D eigenvalue weighted by atomic mass is 79.9. The Morgan fingerprint density at radius 3 is 2.85 bits per heavy atom. The molecule has 0 saturated heterocycles. The van der Waals surface area contributed by atoms with Crippen LogP contribution in [-0.4, -0.2) is 15.1 Å². The first-order chi connectivity index (χ1) is 6.27. The number of hydrogen-bond donors (Lipinski definition) is 2. The molecule has 0 unspecified atom stereocenters. The third-order valence-electron chi connectivity index (χ3n) is 1.71. The molecule has 0 spiro atoms. The van der Waals surface area contributed by atoms with Gasteiger partial charge in [-0.15, -0.1) is 0 Å². The van der Waals surface area contributed by atoms with Crippen molar-refractivity contribution in [2.24, 2.45) is 0 Å². The zero-order chi connectivity index (χ0) is 9.26. The van der Waals surface area contributed by atoms with Crippen molar-refractivity contribution < 1.29 is 5.11 Å². The second-order valence-corrected chi connectivity index (χ2v) is 3.51. The molecule has 66 valence electrons. The monoisotopic (exact) mass is 238 g/mol. The van der Waals surface area contributed by atoms with E-state index in [1.165, 1.54) is 0 Å².